The van der Waals surface area contributed by atoms with Crippen molar-refractivity contribution >= 4 is 11.0 Å². The number of benzene rings is 1. The number of halogens is 4. The molecule has 0 saturated heterocycles. The Hall–Kier alpha value is -1.15. The molecular weight excluding hydrogens is 322 g/mol. The molecule has 1 rings (SSSR count). The Labute approximate surface area is 129 Å². The number of hydrogen-bond donors (Lipinski definition) is 1. The maximum Gasteiger partial charge on any atom is 0.461 e. The minimum Gasteiger partial charge on any atom is -0.428 e. The summed E-state index contributed by atoms with van der Waals surface area (Å²) >= 11 is 0. The summed E-state index contributed by atoms with van der Waals surface area (Å²) in [5.74, 6) is -0.377. The SMILES string of the molecule is CC(NS(=O)C(C)(C)C)c1cccc(OC(F)(F)C(F)F)c1. The van der Waals surface area contributed by atoms with Crippen molar-refractivity contribution in [2.45, 2.75) is 51.0 Å². The summed E-state index contributed by atoms with van der Waals surface area (Å²) in [5, 5.41) is 0. The number of ether oxygens (including phenoxy) is 1. The number of alkyl halides is 4. The van der Waals surface area contributed by atoms with E-state index in [1.807, 2.05) is 0 Å². The third-order valence-electron chi connectivity index (χ3n) is 2.71. The van der Waals surface area contributed by atoms with Gasteiger partial charge in [0, 0.05) is 6.04 Å². The molecule has 0 aliphatic rings. The molecule has 8 heteroatoms. The lowest BCUT2D eigenvalue weighted by Gasteiger charge is -2.23. The van der Waals surface area contributed by atoms with E-state index in [1.165, 1.54) is 12.1 Å². The zero-order chi connectivity index (χ0) is 17.1. The molecule has 0 aliphatic heterocycles. The lowest BCUT2D eigenvalue weighted by atomic mass is 10.1. The van der Waals surface area contributed by atoms with Crippen LogP contribution in [-0.4, -0.2) is 21.5 Å². The van der Waals surface area contributed by atoms with E-state index in [0.717, 1.165) is 6.07 Å². The molecule has 1 aromatic rings. The van der Waals surface area contributed by atoms with E-state index in [2.05, 4.69) is 9.46 Å². The molecule has 0 aromatic heterocycles. The van der Waals surface area contributed by atoms with Crippen molar-refractivity contribution < 1.29 is 26.5 Å². The van der Waals surface area contributed by atoms with Gasteiger partial charge in [-0.2, -0.15) is 17.6 Å². The summed E-state index contributed by atoms with van der Waals surface area (Å²) in [5.41, 5.74) is 0.500. The van der Waals surface area contributed by atoms with Gasteiger partial charge in [0.1, 0.15) is 5.75 Å². The molecule has 2 unspecified atom stereocenters. The highest BCUT2D eigenvalue weighted by atomic mass is 32.2. The Bertz CT molecular complexity index is 532. The fourth-order valence-corrected chi connectivity index (χ4v) is 2.27. The summed E-state index contributed by atoms with van der Waals surface area (Å²) in [6, 6.07) is 4.96. The van der Waals surface area contributed by atoms with E-state index in [9.17, 15) is 21.8 Å². The molecule has 2 atom stereocenters. The van der Waals surface area contributed by atoms with E-state index < -0.39 is 34.3 Å². The van der Waals surface area contributed by atoms with Gasteiger partial charge in [0.15, 0.2) is 0 Å². The van der Waals surface area contributed by atoms with Gasteiger partial charge in [0.2, 0.25) is 0 Å². The predicted molar refractivity (Wildman–Crippen MR) is 77.5 cm³/mol. The fraction of sp³-hybridized carbons (Fsp3) is 0.571. The monoisotopic (exact) mass is 341 g/mol. The van der Waals surface area contributed by atoms with Gasteiger partial charge in [-0.25, -0.2) is 8.93 Å². The van der Waals surface area contributed by atoms with E-state index in [0.29, 0.717) is 5.56 Å². The van der Waals surface area contributed by atoms with Gasteiger partial charge < -0.3 is 4.74 Å². The molecule has 1 aromatic carbocycles. The normalized spacial score (nSPS) is 15.7. The Balaban J connectivity index is 2.86. The highest BCUT2D eigenvalue weighted by Crippen LogP contribution is 2.29. The Morgan fingerprint density at radius 3 is 2.32 bits per heavy atom. The summed E-state index contributed by atoms with van der Waals surface area (Å²) in [6.07, 6.45) is -8.47. The summed E-state index contributed by atoms with van der Waals surface area (Å²) < 4.78 is 68.4. The third-order valence-corrected chi connectivity index (χ3v) is 4.39. The Morgan fingerprint density at radius 1 is 1.23 bits per heavy atom. The van der Waals surface area contributed by atoms with Crippen LogP contribution in [0.2, 0.25) is 0 Å². The molecule has 0 saturated carbocycles. The first-order valence-electron chi connectivity index (χ1n) is 6.56. The van der Waals surface area contributed by atoms with Crippen molar-refractivity contribution in [3.8, 4) is 5.75 Å². The number of hydrogen-bond acceptors (Lipinski definition) is 2. The molecular formula is C14H19F4NO2S. The minimum absolute atomic E-state index is 0.377. The average molecular weight is 341 g/mol. The molecule has 1 N–H and O–H groups in total. The van der Waals surface area contributed by atoms with Crippen molar-refractivity contribution in [1.29, 1.82) is 0 Å². The van der Waals surface area contributed by atoms with Crippen molar-refractivity contribution in [3.63, 3.8) is 0 Å². The maximum absolute atomic E-state index is 12.9. The molecule has 0 aliphatic carbocycles. The summed E-state index contributed by atoms with van der Waals surface area (Å²) in [4.78, 5) is 0. The van der Waals surface area contributed by atoms with Crippen LogP contribution in [0.15, 0.2) is 24.3 Å². The van der Waals surface area contributed by atoms with Crippen LogP contribution in [0.3, 0.4) is 0 Å². The molecule has 0 heterocycles. The van der Waals surface area contributed by atoms with Crippen LogP contribution in [0.1, 0.15) is 39.3 Å². The molecule has 0 radical (unpaired) electrons. The molecule has 3 nitrogen and oxygen atoms in total. The van der Waals surface area contributed by atoms with Gasteiger partial charge in [0.05, 0.1) is 15.7 Å². The molecule has 0 bridgehead atoms. The zero-order valence-electron chi connectivity index (χ0n) is 12.7. The van der Waals surface area contributed by atoms with Crippen molar-refractivity contribution in [2.24, 2.45) is 0 Å². The van der Waals surface area contributed by atoms with Crippen molar-refractivity contribution in [1.82, 2.24) is 4.72 Å². The number of nitrogens with one attached hydrogen (secondary N) is 1. The second kappa shape index (κ2) is 6.95. The van der Waals surface area contributed by atoms with Crippen LogP contribution in [0.25, 0.3) is 0 Å². The van der Waals surface area contributed by atoms with Crippen molar-refractivity contribution in [2.75, 3.05) is 0 Å². The summed E-state index contributed by atoms with van der Waals surface area (Å²) in [7, 11) is -1.36. The largest absolute Gasteiger partial charge is 0.461 e. The van der Waals surface area contributed by atoms with Gasteiger partial charge in [-0.1, -0.05) is 12.1 Å². The van der Waals surface area contributed by atoms with Gasteiger partial charge in [0.25, 0.3) is 0 Å². The Kier molecular flexibility index (Phi) is 5.97. The first kappa shape index (κ1) is 18.9. The van der Waals surface area contributed by atoms with Gasteiger partial charge in [-0.3, -0.25) is 0 Å². The summed E-state index contributed by atoms with van der Waals surface area (Å²) in [6.45, 7) is 7.04. The molecule has 126 valence electrons. The second-order valence-electron chi connectivity index (χ2n) is 5.76. The predicted octanol–water partition coefficient (Wildman–Crippen LogP) is 4.04. The van der Waals surface area contributed by atoms with E-state index >= 15 is 0 Å². The second-order valence-corrected chi connectivity index (χ2v) is 7.76. The fourth-order valence-electron chi connectivity index (χ4n) is 1.45. The first-order valence-corrected chi connectivity index (χ1v) is 7.71. The third kappa shape index (κ3) is 5.24. The minimum atomic E-state index is -4.55. The smallest absolute Gasteiger partial charge is 0.428 e. The lowest BCUT2D eigenvalue weighted by molar-refractivity contribution is -0.253. The van der Waals surface area contributed by atoms with E-state index in [-0.39, 0.29) is 5.75 Å². The van der Waals surface area contributed by atoms with Gasteiger partial charge in [-0.05, 0) is 45.4 Å². The van der Waals surface area contributed by atoms with Crippen LogP contribution in [0.5, 0.6) is 5.75 Å². The van der Waals surface area contributed by atoms with Gasteiger partial charge >= 0.3 is 12.5 Å². The van der Waals surface area contributed by atoms with Crippen LogP contribution >= 0.6 is 0 Å². The topological polar surface area (TPSA) is 38.3 Å². The number of rotatable bonds is 6. The first-order chi connectivity index (χ1) is 9.93. The standard InChI is InChI=1S/C14H19F4NO2S/c1-9(19-22(20)13(2,3)4)10-6-5-7-11(8-10)21-14(17,18)12(15)16/h5-9,12,19H,1-4H3. The van der Waals surface area contributed by atoms with Gasteiger partial charge in [-0.15, -0.1) is 0 Å². The van der Waals surface area contributed by atoms with Crippen LogP contribution in [-0.2, 0) is 11.0 Å². The molecule has 22 heavy (non-hydrogen) atoms. The molecule has 0 spiro atoms. The zero-order valence-corrected chi connectivity index (χ0v) is 13.5. The van der Waals surface area contributed by atoms with Crippen molar-refractivity contribution in [3.05, 3.63) is 29.8 Å². The maximum atomic E-state index is 12.9. The van der Waals surface area contributed by atoms with E-state index in [1.54, 1.807) is 33.8 Å². The van der Waals surface area contributed by atoms with Crippen LogP contribution < -0.4 is 9.46 Å². The molecule has 0 amide bonds. The van der Waals surface area contributed by atoms with Crippen LogP contribution in [0, 0.1) is 0 Å². The highest BCUT2D eigenvalue weighted by Gasteiger charge is 2.44. The lowest BCUT2D eigenvalue weighted by Crippen LogP contribution is -2.35. The highest BCUT2D eigenvalue weighted by molar-refractivity contribution is 7.84. The van der Waals surface area contributed by atoms with Crippen LogP contribution in [0.4, 0.5) is 17.6 Å². The average Bonchev–Trinajstić information content (AvgIpc) is 2.37. The molecule has 0 fully saturated rings. The quantitative estimate of drug-likeness (QED) is 0.793. The Morgan fingerprint density at radius 2 is 1.82 bits per heavy atom. The van der Waals surface area contributed by atoms with E-state index in [4.69, 9.17) is 0 Å².